The number of benzene rings is 5. The quantitative estimate of drug-likeness (QED) is 0.222. The fourth-order valence-electron chi connectivity index (χ4n) is 5.00. The minimum Gasteiger partial charge on any atom is -0.308 e. The first kappa shape index (κ1) is 17.5. The van der Waals surface area contributed by atoms with Crippen molar-refractivity contribution in [3.05, 3.63) is 102 Å². The Hall–Kier alpha value is -3.14. The normalized spacial score (nSPS) is 12.0. The maximum atomic E-state index is 3.70. The number of rotatable bonds is 1. The van der Waals surface area contributed by atoms with Crippen LogP contribution < -0.4 is 0 Å². The van der Waals surface area contributed by atoms with Crippen LogP contribution in [0.1, 0.15) is 0 Å². The molecule has 0 fully saturated rings. The van der Waals surface area contributed by atoms with Crippen LogP contribution in [-0.4, -0.2) is 4.57 Å². The van der Waals surface area contributed by atoms with Crippen LogP contribution in [0, 0.1) is 0 Å². The van der Waals surface area contributed by atoms with Gasteiger partial charge in [0, 0.05) is 36.4 Å². The summed E-state index contributed by atoms with van der Waals surface area (Å²) in [5.41, 5.74) is 3.75. The van der Waals surface area contributed by atoms with E-state index in [9.17, 15) is 0 Å². The van der Waals surface area contributed by atoms with Crippen molar-refractivity contribution >= 4 is 80.0 Å². The molecule has 0 bridgehead atoms. The zero-order valence-corrected chi connectivity index (χ0v) is 18.9. The number of fused-ring (bicyclic) bond motifs is 10. The molecule has 0 radical (unpaired) electrons. The first-order chi connectivity index (χ1) is 15.3. The van der Waals surface area contributed by atoms with E-state index in [0.717, 1.165) is 4.47 Å². The third-order valence-electron chi connectivity index (χ3n) is 6.22. The summed E-state index contributed by atoms with van der Waals surface area (Å²) in [5.74, 6) is 0. The van der Waals surface area contributed by atoms with Gasteiger partial charge in [-0.25, -0.2) is 0 Å². The molecule has 7 rings (SSSR count). The molecule has 0 aliphatic carbocycles. The van der Waals surface area contributed by atoms with Crippen molar-refractivity contribution < 1.29 is 0 Å². The zero-order valence-electron chi connectivity index (χ0n) is 16.5. The summed E-state index contributed by atoms with van der Waals surface area (Å²) in [7, 11) is 0. The van der Waals surface area contributed by atoms with Gasteiger partial charge < -0.3 is 4.57 Å². The van der Waals surface area contributed by atoms with E-state index < -0.39 is 0 Å². The Morgan fingerprint density at radius 3 is 2.10 bits per heavy atom. The van der Waals surface area contributed by atoms with Gasteiger partial charge in [0.25, 0.3) is 0 Å². The molecule has 2 heterocycles. The Morgan fingerprint density at radius 1 is 0.613 bits per heavy atom. The Balaban J connectivity index is 1.88. The lowest BCUT2D eigenvalue weighted by atomic mass is 9.99. The second kappa shape index (κ2) is 6.43. The molecule has 7 aromatic rings. The molecule has 0 amide bonds. The van der Waals surface area contributed by atoms with Crippen molar-refractivity contribution in [2.24, 2.45) is 0 Å². The number of hydrogen-bond donors (Lipinski definition) is 0. The van der Waals surface area contributed by atoms with Crippen LogP contribution in [0.4, 0.5) is 0 Å². The Kier molecular flexibility index (Phi) is 3.64. The lowest BCUT2D eigenvalue weighted by Crippen LogP contribution is -1.93. The fraction of sp³-hybridized carbons (Fsp3) is 0. The Morgan fingerprint density at radius 2 is 1.29 bits per heavy atom. The highest BCUT2D eigenvalue weighted by atomic mass is 79.9. The molecule has 146 valence electrons. The molecule has 0 unspecified atom stereocenters. The fourth-order valence-corrected chi connectivity index (χ4v) is 6.60. The summed E-state index contributed by atoms with van der Waals surface area (Å²) >= 11 is 5.59. The van der Waals surface area contributed by atoms with Gasteiger partial charge in [-0.1, -0.05) is 76.6 Å². The predicted octanol–water partition coefficient (Wildman–Crippen LogP) is 9.07. The van der Waals surface area contributed by atoms with Crippen LogP contribution in [0.2, 0.25) is 0 Å². The lowest BCUT2D eigenvalue weighted by molar-refractivity contribution is 1.19. The number of halogens is 1. The van der Waals surface area contributed by atoms with Gasteiger partial charge in [0.1, 0.15) is 0 Å². The van der Waals surface area contributed by atoms with E-state index in [2.05, 4.69) is 118 Å². The Labute approximate surface area is 191 Å². The van der Waals surface area contributed by atoms with Crippen molar-refractivity contribution in [1.82, 2.24) is 4.57 Å². The minimum absolute atomic E-state index is 1.12. The van der Waals surface area contributed by atoms with Gasteiger partial charge in [-0.2, -0.15) is 0 Å². The number of para-hydroxylation sites is 2. The summed E-state index contributed by atoms with van der Waals surface area (Å²) in [6, 6.07) is 35.1. The third-order valence-corrected chi connectivity index (χ3v) is 7.89. The van der Waals surface area contributed by atoms with E-state index in [0.29, 0.717) is 0 Å². The van der Waals surface area contributed by atoms with E-state index in [-0.39, 0.29) is 0 Å². The van der Waals surface area contributed by atoms with Gasteiger partial charge in [-0.05, 0) is 47.2 Å². The second-order valence-electron chi connectivity index (χ2n) is 7.90. The van der Waals surface area contributed by atoms with E-state index in [1.165, 1.54) is 58.4 Å². The molecule has 0 atom stereocenters. The first-order valence-electron chi connectivity index (χ1n) is 10.3. The summed E-state index contributed by atoms with van der Waals surface area (Å²) < 4.78 is 6.24. The van der Waals surface area contributed by atoms with E-state index in [1.807, 2.05) is 11.3 Å². The van der Waals surface area contributed by atoms with Gasteiger partial charge in [0.05, 0.1) is 15.7 Å². The van der Waals surface area contributed by atoms with Crippen LogP contribution in [0.3, 0.4) is 0 Å². The molecule has 3 heteroatoms. The first-order valence-corrected chi connectivity index (χ1v) is 11.9. The van der Waals surface area contributed by atoms with E-state index in [4.69, 9.17) is 0 Å². The zero-order chi connectivity index (χ0) is 20.5. The smallest absolute Gasteiger partial charge is 0.0726 e. The molecule has 0 aliphatic heterocycles. The summed E-state index contributed by atoms with van der Waals surface area (Å²) in [4.78, 5) is 0. The summed E-state index contributed by atoms with van der Waals surface area (Å²) in [5, 5.41) is 7.95. The number of hydrogen-bond acceptors (Lipinski definition) is 1. The van der Waals surface area contributed by atoms with Gasteiger partial charge in [-0.15, -0.1) is 11.3 Å². The van der Waals surface area contributed by atoms with Crippen LogP contribution in [0.5, 0.6) is 0 Å². The highest BCUT2D eigenvalue weighted by Crippen LogP contribution is 2.48. The molecular weight excluding hydrogens is 462 g/mol. The van der Waals surface area contributed by atoms with Crippen molar-refractivity contribution in [3.63, 3.8) is 0 Å². The highest BCUT2D eigenvalue weighted by molar-refractivity contribution is 9.10. The monoisotopic (exact) mass is 477 g/mol. The molecule has 0 saturated carbocycles. The van der Waals surface area contributed by atoms with E-state index in [1.54, 1.807) is 0 Å². The maximum Gasteiger partial charge on any atom is 0.0726 e. The number of thiophene rings is 1. The van der Waals surface area contributed by atoms with Gasteiger partial charge in [-0.3, -0.25) is 0 Å². The largest absolute Gasteiger partial charge is 0.308 e. The summed E-state index contributed by atoms with van der Waals surface area (Å²) in [6.45, 7) is 0. The molecule has 0 saturated heterocycles. The molecule has 0 spiro atoms. The van der Waals surface area contributed by atoms with E-state index >= 15 is 0 Å². The molecule has 0 N–H and O–H groups in total. The van der Waals surface area contributed by atoms with Gasteiger partial charge in [0.15, 0.2) is 0 Å². The standard InChI is InChI=1S/C28H16BrNS/c29-17-14-15-24-22(16-17)26-20-11-5-4-10-19(20)25-21-12-6-7-13-23(21)30(27(25)28(26)31-24)18-8-2-1-3-9-18/h1-16H. The van der Waals surface area contributed by atoms with Crippen molar-refractivity contribution in [3.8, 4) is 5.69 Å². The van der Waals surface area contributed by atoms with Crippen LogP contribution in [0.15, 0.2) is 102 Å². The second-order valence-corrected chi connectivity index (χ2v) is 9.87. The average Bonchev–Trinajstić information content (AvgIpc) is 3.36. The van der Waals surface area contributed by atoms with Crippen LogP contribution in [-0.2, 0) is 0 Å². The van der Waals surface area contributed by atoms with Crippen molar-refractivity contribution in [2.75, 3.05) is 0 Å². The van der Waals surface area contributed by atoms with Crippen LogP contribution in [0.25, 0.3) is 58.4 Å². The van der Waals surface area contributed by atoms with Gasteiger partial charge >= 0.3 is 0 Å². The minimum atomic E-state index is 1.12. The molecule has 1 nitrogen and oxygen atoms in total. The van der Waals surface area contributed by atoms with Gasteiger partial charge in [0.2, 0.25) is 0 Å². The molecular formula is C28H16BrNS. The number of nitrogens with zero attached hydrogens (tertiary/aromatic N) is 1. The molecule has 2 aromatic heterocycles. The third kappa shape index (κ3) is 2.36. The predicted molar refractivity (Wildman–Crippen MR) is 139 cm³/mol. The lowest BCUT2D eigenvalue weighted by Gasteiger charge is -2.10. The molecule has 5 aromatic carbocycles. The molecule has 31 heavy (non-hydrogen) atoms. The molecule has 0 aliphatic rings. The Bertz CT molecular complexity index is 1790. The highest BCUT2D eigenvalue weighted by Gasteiger charge is 2.21. The topological polar surface area (TPSA) is 4.93 Å². The average molecular weight is 478 g/mol. The number of aromatic nitrogens is 1. The van der Waals surface area contributed by atoms with Crippen LogP contribution >= 0.6 is 27.3 Å². The van der Waals surface area contributed by atoms with Crippen molar-refractivity contribution in [1.29, 1.82) is 0 Å². The van der Waals surface area contributed by atoms with Crippen molar-refractivity contribution in [2.45, 2.75) is 0 Å². The summed E-state index contributed by atoms with van der Waals surface area (Å²) in [6.07, 6.45) is 0. The maximum absolute atomic E-state index is 3.70. The SMILES string of the molecule is Brc1ccc2sc3c(c2c1)c1ccccc1c1c2ccccc2n(-c2ccccc2)c31.